The summed E-state index contributed by atoms with van der Waals surface area (Å²) in [4.78, 5) is 21.8. The summed E-state index contributed by atoms with van der Waals surface area (Å²) >= 11 is 1.67. The molecule has 0 radical (unpaired) electrons. The van der Waals surface area contributed by atoms with Crippen LogP contribution in [-0.4, -0.2) is 12.1 Å². The van der Waals surface area contributed by atoms with Crippen LogP contribution in [0.15, 0.2) is 12.1 Å². The number of hydrogen-bond acceptors (Lipinski definition) is 2. The minimum atomic E-state index is -4.64. The summed E-state index contributed by atoms with van der Waals surface area (Å²) in [7, 11) is 0. The molecular formula is C10H6F3IO2. The van der Waals surface area contributed by atoms with Crippen LogP contribution in [-0.2, 0) is 6.18 Å². The van der Waals surface area contributed by atoms with E-state index in [4.69, 9.17) is 0 Å². The molecule has 0 fully saturated rings. The Morgan fingerprint density at radius 2 is 1.94 bits per heavy atom. The van der Waals surface area contributed by atoms with E-state index in [-0.39, 0.29) is 15.4 Å². The molecule has 0 unspecified atom stereocenters. The Kier molecular flexibility index (Phi) is 3.72. The molecule has 1 aromatic rings. The maximum absolute atomic E-state index is 12.6. The number of rotatable bonds is 2. The molecule has 16 heavy (non-hydrogen) atoms. The van der Waals surface area contributed by atoms with E-state index in [1.807, 2.05) is 0 Å². The standard InChI is InChI=1S/C10H6F3IO2/c1-5(16)7-2-6(14)3-9(8(7)4-15)10(11,12)13/h2-4H,1H3. The van der Waals surface area contributed by atoms with Crippen LogP contribution in [0.5, 0.6) is 0 Å². The van der Waals surface area contributed by atoms with E-state index < -0.39 is 23.1 Å². The molecule has 2 nitrogen and oxygen atoms in total. The highest BCUT2D eigenvalue weighted by atomic mass is 127. The van der Waals surface area contributed by atoms with Gasteiger partial charge in [0.15, 0.2) is 12.1 Å². The van der Waals surface area contributed by atoms with Gasteiger partial charge in [-0.2, -0.15) is 13.2 Å². The van der Waals surface area contributed by atoms with Crippen LogP contribution >= 0.6 is 22.6 Å². The van der Waals surface area contributed by atoms with Crippen molar-refractivity contribution < 1.29 is 22.8 Å². The quantitative estimate of drug-likeness (QED) is 0.469. The van der Waals surface area contributed by atoms with Crippen molar-refractivity contribution in [3.05, 3.63) is 32.4 Å². The van der Waals surface area contributed by atoms with Gasteiger partial charge in [0.05, 0.1) is 5.56 Å². The van der Waals surface area contributed by atoms with Crippen molar-refractivity contribution in [2.45, 2.75) is 13.1 Å². The van der Waals surface area contributed by atoms with Gasteiger partial charge in [-0.15, -0.1) is 0 Å². The van der Waals surface area contributed by atoms with Crippen molar-refractivity contribution in [3.63, 3.8) is 0 Å². The predicted molar refractivity (Wildman–Crippen MR) is 59.6 cm³/mol. The van der Waals surface area contributed by atoms with E-state index in [1.165, 1.54) is 6.07 Å². The van der Waals surface area contributed by atoms with Gasteiger partial charge in [0, 0.05) is 14.7 Å². The highest BCUT2D eigenvalue weighted by Gasteiger charge is 2.35. The van der Waals surface area contributed by atoms with Crippen molar-refractivity contribution >= 4 is 34.7 Å². The van der Waals surface area contributed by atoms with Crippen LogP contribution in [0.3, 0.4) is 0 Å². The molecule has 0 amide bonds. The molecule has 6 heteroatoms. The van der Waals surface area contributed by atoms with E-state index >= 15 is 0 Å². The van der Waals surface area contributed by atoms with Crippen molar-refractivity contribution in [2.75, 3.05) is 0 Å². The van der Waals surface area contributed by atoms with E-state index in [2.05, 4.69) is 0 Å². The summed E-state index contributed by atoms with van der Waals surface area (Å²) in [5, 5.41) is 0. The maximum atomic E-state index is 12.6. The largest absolute Gasteiger partial charge is 0.417 e. The van der Waals surface area contributed by atoms with Gasteiger partial charge in [-0.25, -0.2) is 0 Å². The Bertz CT molecular complexity index is 452. The molecule has 0 aliphatic carbocycles. The molecule has 1 aromatic carbocycles. The van der Waals surface area contributed by atoms with Gasteiger partial charge in [-0.3, -0.25) is 9.59 Å². The molecule has 1 rings (SSSR count). The SMILES string of the molecule is CC(=O)c1cc(I)cc(C(F)(F)F)c1C=O. The summed E-state index contributed by atoms with van der Waals surface area (Å²) < 4.78 is 38.0. The second-order valence-corrected chi connectivity index (χ2v) is 4.33. The summed E-state index contributed by atoms with van der Waals surface area (Å²) in [6.45, 7) is 1.12. The van der Waals surface area contributed by atoms with E-state index in [9.17, 15) is 22.8 Å². The number of hydrogen-bond donors (Lipinski definition) is 0. The van der Waals surface area contributed by atoms with Crippen LogP contribution in [0.2, 0.25) is 0 Å². The number of carbonyl (C=O) groups excluding carboxylic acids is 2. The lowest BCUT2D eigenvalue weighted by molar-refractivity contribution is -0.137. The molecule has 0 heterocycles. The highest BCUT2D eigenvalue weighted by Crippen LogP contribution is 2.34. The van der Waals surface area contributed by atoms with Gasteiger partial charge >= 0.3 is 6.18 Å². The lowest BCUT2D eigenvalue weighted by atomic mass is 9.99. The Morgan fingerprint density at radius 3 is 2.31 bits per heavy atom. The zero-order valence-corrected chi connectivity index (χ0v) is 10.2. The first-order valence-corrected chi connectivity index (χ1v) is 5.22. The van der Waals surface area contributed by atoms with E-state index in [1.54, 1.807) is 22.6 Å². The monoisotopic (exact) mass is 342 g/mol. The van der Waals surface area contributed by atoms with Crippen molar-refractivity contribution in [1.82, 2.24) is 0 Å². The van der Waals surface area contributed by atoms with Gasteiger partial charge in [-0.05, 0) is 41.6 Å². The molecule has 0 N–H and O–H groups in total. The van der Waals surface area contributed by atoms with Crippen molar-refractivity contribution in [3.8, 4) is 0 Å². The maximum Gasteiger partial charge on any atom is 0.417 e. The highest BCUT2D eigenvalue weighted by molar-refractivity contribution is 14.1. The Hall–Kier alpha value is -0.920. The third-order valence-electron chi connectivity index (χ3n) is 1.95. The van der Waals surface area contributed by atoms with Crippen molar-refractivity contribution in [2.24, 2.45) is 0 Å². The summed E-state index contributed by atoms with van der Waals surface area (Å²) in [5.74, 6) is -0.564. The third-order valence-corrected chi connectivity index (χ3v) is 2.57. The van der Waals surface area contributed by atoms with Crippen LogP contribution in [0, 0.1) is 3.57 Å². The average Bonchev–Trinajstić information content (AvgIpc) is 2.14. The molecule has 0 saturated heterocycles. The topological polar surface area (TPSA) is 34.1 Å². The molecular weight excluding hydrogens is 336 g/mol. The molecule has 0 aliphatic heterocycles. The van der Waals surface area contributed by atoms with Crippen molar-refractivity contribution in [1.29, 1.82) is 0 Å². The van der Waals surface area contributed by atoms with E-state index in [0.717, 1.165) is 13.0 Å². The summed E-state index contributed by atoms with van der Waals surface area (Å²) in [6, 6.07) is 2.11. The fourth-order valence-corrected chi connectivity index (χ4v) is 1.89. The molecule has 0 aliphatic rings. The molecule has 0 aromatic heterocycles. The first-order valence-electron chi connectivity index (χ1n) is 4.14. The van der Waals surface area contributed by atoms with Gasteiger partial charge in [0.25, 0.3) is 0 Å². The number of carbonyl (C=O) groups is 2. The minimum absolute atomic E-state index is 0.0651. The average molecular weight is 342 g/mol. The van der Waals surface area contributed by atoms with Crippen LogP contribution in [0.1, 0.15) is 33.2 Å². The Balaban J connectivity index is 3.61. The van der Waals surface area contributed by atoms with Gasteiger partial charge in [0.1, 0.15) is 0 Å². The van der Waals surface area contributed by atoms with Gasteiger partial charge in [0.2, 0.25) is 0 Å². The second-order valence-electron chi connectivity index (χ2n) is 3.09. The summed E-state index contributed by atoms with van der Waals surface area (Å²) in [6.07, 6.45) is -4.57. The number of halogens is 4. The Morgan fingerprint density at radius 1 is 1.38 bits per heavy atom. The predicted octanol–water partition coefficient (Wildman–Crippen LogP) is 3.33. The number of aldehydes is 1. The fraction of sp³-hybridized carbons (Fsp3) is 0.200. The van der Waals surface area contributed by atoms with Gasteiger partial charge in [-0.1, -0.05) is 0 Å². The second kappa shape index (κ2) is 4.52. The third kappa shape index (κ3) is 2.60. The molecule has 0 bridgehead atoms. The number of benzene rings is 1. The van der Waals surface area contributed by atoms with Gasteiger partial charge < -0.3 is 0 Å². The number of ketones is 1. The molecule has 0 atom stereocenters. The molecule has 86 valence electrons. The van der Waals surface area contributed by atoms with Crippen LogP contribution < -0.4 is 0 Å². The smallest absolute Gasteiger partial charge is 0.298 e. The fourth-order valence-electron chi connectivity index (χ4n) is 1.27. The Labute approximate surface area is 103 Å². The van der Waals surface area contributed by atoms with Crippen LogP contribution in [0.25, 0.3) is 0 Å². The molecule has 0 spiro atoms. The number of Topliss-reactive ketones (excluding diaryl/α,β-unsaturated/α-hetero) is 1. The molecule has 0 saturated carbocycles. The minimum Gasteiger partial charge on any atom is -0.298 e. The van der Waals surface area contributed by atoms with E-state index in [0.29, 0.717) is 0 Å². The number of alkyl halides is 3. The zero-order valence-electron chi connectivity index (χ0n) is 8.06. The first-order chi connectivity index (χ1) is 7.27. The summed E-state index contributed by atoms with van der Waals surface area (Å²) in [5.41, 5.74) is -1.87. The lowest BCUT2D eigenvalue weighted by Gasteiger charge is -2.12. The van der Waals surface area contributed by atoms with Crippen LogP contribution in [0.4, 0.5) is 13.2 Å². The normalized spacial score (nSPS) is 11.3. The zero-order chi connectivity index (χ0) is 12.5. The lowest BCUT2D eigenvalue weighted by Crippen LogP contribution is -2.13. The first kappa shape index (κ1) is 13.1.